The zero-order valence-electron chi connectivity index (χ0n) is 12.8. The maximum absolute atomic E-state index is 11.8. The van der Waals surface area contributed by atoms with Crippen LogP contribution in [0.4, 0.5) is 0 Å². The van der Waals surface area contributed by atoms with Crippen LogP contribution in [0.2, 0.25) is 0 Å². The Morgan fingerprint density at radius 3 is 2.59 bits per heavy atom. The van der Waals surface area contributed by atoms with E-state index in [-0.39, 0.29) is 5.97 Å². The normalized spacial score (nSPS) is 13.9. The van der Waals surface area contributed by atoms with Crippen LogP contribution in [-0.4, -0.2) is 23.8 Å². The van der Waals surface area contributed by atoms with Gasteiger partial charge < -0.3 is 4.74 Å². The summed E-state index contributed by atoms with van der Waals surface area (Å²) < 4.78 is 4.80. The molecule has 0 bridgehead atoms. The Labute approximate surface area is 135 Å². The molecule has 3 nitrogen and oxygen atoms in total. The van der Waals surface area contributed by atoms with Gasteiger partial charge in [-0.1, -0.05) is 31.2 Å². The number of carbonyl (C=O) groups excluding carboxylic acids is 1. The van der Waals surface area contributed by atoms with Gasteiger partial charge in [0.15, 0.2) is 5.69 Å². The summed E-state index contributed by atoms with van der Waals surface area (Å²) in [6, 6.07) is 10.7. The van der Waals surface area contributed by atoms with Crippen molar-refractivity contribution in [1.82, 2.24) is 4.98 Å². The molecule has 0 atom stereocenters. The highest BCUT2D eigenvalue weighted by Crippen LogP contribution is 2.40. The van der Waals surface area contributed by atoms with E-state index in [4.69, 9.17) is 4.74 Å². The highest BCUT2D eigenvalue weighted by Gasteiger charge is 2.23. The predicted octanol–water partition coefficient (Wildman–Crippen LogP) is 4.52. The number of benzene rings is 1. The van der Waals surface area contributed by atoms with Crippen molar-refractivity contribution in [2.45, 2.75) is 30.6 Å². The third-order valence-electron chi connectivity index (χ3n) is 3.82. The number of carbonyl (C=O) groups is 1. The monoisotopic (exact) mass is 313 g/mol. The second-order valence-corrected chi connectivity index (χ2v) is 6.70. The van der Waals surface area contributed by atoms with Gasteiger partial charge >= 0.3 is 5.97 Å². The zero-order valence-corrected chi connectivity index (χ0v) is 13.7. The summed E-state index contributed by atoms with van der Waals surface area (Å²) in [5, 5.41) is 0. The van der Waals surface area contributed by atoms with Gasteiger partial charge in [-0.15, -0.1) is 11.8 Å². The lowest BCUT2D eigenvalue weighted by atomic mass is 10.0. The first-order chi connectivity index (χ1) is 10.7. The highest BCUT2D eigenvalue weighted by molar-refractivity contribution is 7.99. The number of ether oxygens (including phenoxy) is 1. The van der Waals surface area contributed by atoms with Gasteiger partial charge in [-0.05, 0) is 41.7 Å². The average Bonchev–Trinajstić information content (AvgIpc) is 3.39. The molecule has 0 aliphatic heterocycles. The van der Waals surface area contributed by atoms with E-state index in [2.05, 4.69) is 36.2 Å². The second kappa shape index (κ2) is 6.53. The first-order valence-corrected chi connectivity index (χ1v) is 8.53. The highest BCUT2D eigenvalue weighted by atomic mass is 32.2. The summed E-state index contributed by atoms with van der Waals surface area (Å²) in [4.78, 5) is 17.0. The molecule has 1 heterocycles. The van der Waals surface area contributed by atoms with E-state index in [9.17, 15) is 4.79 Å². The molecule has 4 heteroatoms. The van der Waals surface area contributed by atoms with Gasteiger partial charge in [0.2, 0.25) is 0 Å². The summed E-state index contributed by atoms with van der Waals surface area (Å²) in [6.07, 6.45) is 4.37. The molecule has 1 aromatic carbocycles. The molecule has 22 heavy (non-hydrogen) atoms. The van der Waals surface area contributed by atoms with E-state index in [1.54, 1.807) is 18.0 Å². The van der Waals surface area contributed by atoms with Crippen molar-refractivity contribution in [3.05, 3.63) is 47.8 Å². The van der Waals surface area contributed by atoms with Crippen LogP contribution in [0.1, 0.15) is 41.7 Å². The molecule has 1 aromatic heterocycles. The fourth-order valence-corrected chi connectivity index (χ4v) is 3.28. The Morgan fingerprint density at radius 1 is 1.27 bits per heavy atom. The van der Waals surface area contributed by atoms with E-state index in [0.717, 1.165) is 27.7 Å². The lowest BCUT2D eigenvalue weighted by Crippen LogP contribution is -2.06. The second-order valence-electron chi connectivity index (χ2n) is 5.39. The number of hydrogen-bond donors (Lipinski definition) is 0. The third-order valence-corrected chi connectivity index (χ3v) is 4.73. The molecule has 0 spiro atoms. The number of thioether (sulfide) groups is 1. The molecular weight excluding hydrogens is 294 g/mol. The molecule has 0 saturated heterocycles. The van der Waals surface area contributed by atoms with Crippen LogP contribution in [-0.2, 0) is 4.74 Å². The van der Waals surface area contributed by atoms with E-state index in [0.29, 0.717) is 5.69 Å². The Morgan fingerprint density at radius 2 is 2.00 bits per heavy atom. The molecular formula is C18H19NO2S. The van der Waals surface area contributed by atoms with Gasteiger partial charge in [0.05, 0.1) is 7.11 Å². The number of nitrogens with zero attached hydrogens (tertiary/aromatic N) is 1. The van der Waals surface area contributed by atoms with Crippen molar-refractivity contribution >= 4 is 17.7 Å². The van der Waals surface area contributed by atoms with Crippen LogP contribution in [0.5, 0.6) is 0 Å². The van der Waals surface area contributed by atoms with Gasteiger partial charge in [0.1, 0.15) is 0 Å². The van der Waals surface area contributed by atoms with E-state index < -0.39 is 0 Å². The number of methoxy groups -OCH3 is 1. The van der Waals surface area contributed by atoms with E-state index in [1.807, 2.05) is 6.07 Å². The Bertz CT molecular complexity index is 678. The fourth-order valence-electron chi connectivity index (χ4n) is 2.48. The van der Waals surface area contributed by atoms with Gasteiger partial charge in [-0.2, -0.15) is 0 Å². The maximum Gasteiger partial charge on any atom is 0.357 e. The van der Waals surface area contributed by atoms with Crippen LogP contribution in [0.15, 0.2) is 41.4 Å². The van der Waals surface area contributed by atoms with Crippen molar-refractivity contribution in [3.63, 3.8) is 0 Å². The first kappa shape index (κ1) is 15.1. The maximum atomic E-state index is 11.8. The zero-order chi connectivity index (χ0) is 15.5. The molecule has 0 unspecified atom stereocenters. The molecule has 0 N–H and O–H groups in total. The van der Waals surface area contributed by atoms with E-state index in [1.165, 1.54) is 25.5 Å². The quantitative estimate of drug-likeness (QED) is 0.601. The third kappa shape index (κ3) is 3.17. The molecule has 1 aliphatic rings. The number of esters is 1. The minimum Gasteiger partial charge on any atom is -0.464 e. The average molecular weight is 313 g/mol. The van der Waals surface area contributed by atoms with Crippen LogP contribution in [0.3, 0.4) is 0 Å². The van der Waals surface area contributed by atoms with Crippen molar-refractivity contribution in [2.75, 3.05) is 12.9 Å². The molecule has 1 fully saturated rings. The largest absolute Gasteiger partial charge is 0.464 e. The topological polar surface area (TPSA) is 39.2 Å². The van der Waals surface area contributed by atoms with Gasteiger partial charge in [0.25, 0.3) is 0 Å². The van der Waals surface area contributed by atoms with Gasteiger partial charge in [-0.25, -0.2) is 9.78 Å². The van der Waals surface area contributed by atoms with Crippen molar-refractivity contribution < 1.29 is 9.53 Å². The minimum atomic E-state index is -0.383. The molecule has 1 saturated carbocycles. The van der Waals surface area contributed by atoms with Gasteiger partial charge in [-0.3, -0.25) is 0 Å². The molecule has 114 valence electrons. The van der Waals surface area contributed by atoms with Crippen LogP contribution in [0.25, 0.3) is 11.1 Å². The van der Waals surface area contributed by atoms with Crippen LogP contribution < -0.4 is 0 Å². The van der Waals surface area contributed by atoms with Crippen LogP contribution in [0, 0.1) is 0 Å². The van der Waals surface area contributed by atoms with Gasteiger partial charge in [0, 0.05) is 16.7 Å². The standard InChI is InChI=1S/C18H19NO2S/c1-3-22-16-10-15(11-19-17(16)18(20)21-2)14-8-6-13(7-9-14)12-4-5-12/h6-12H,3-5H2,1-2H3. The molecule has 0 amide bonds. The summed E-state index contributed by atoms with van der Waals surface area (Å²) in [5.41, 5.74) is 3.98. The minimum absolute atomic E-state index is 0.383. The molecule has 1 aliphatic carbocycles. The van der Waals surface area contributed by atoms with Crippen LogP contribution >= 0.6 is 11.8 Å². The lowest BCUT2D eigenvalue weighted by molar-refractivity contribution is 0.0590. The number of aromatic nitrogens is 1. The van der Waals surface area contributed by atoms with E-state index >= 15 is 0 Å². The number of hydrogen-bond acceptors (Lipinski definition) is 4. The Kier molecular flexibility index (Phi) is 4.48. The summed E-state index contributed by atoms with van der Waals surface area (Å²) in [6.45, 7) is 2.06. The summed E-state index contributed by atoms with van der Waals surface area (Å²) in [5.74, 6) is 1.27. The number of rotatable bonds is 5. The molecule has 3 rings (SSSR count). The fraction of sp³-hybridized carbons (Fsp3) is 0.333. The van der Waals surface area contributed by atoms with Crippen molar-refractivity contribution in [3.8, 4) is 11.1 Å². The molecule has 0 radical (unpaired) electrons. The smallest absolute Gasteiger partial charge is 0.357 e. The summed E-state index contributed by atoms with van der Waals surface area (Å²) >= 11 is 1.61. The van der Waals surface area contributed by atoms with Crippen molar-refractivity contribution in [2.24, 2.45) is 0 Å². The molecule has 2 aromatic rings. The number of pyridine rings is 1. The predicted molar refractivity (Wildman–Crippen MR) is 89.4 cm³/mol. The summed E-state index contributed by atoms with van der Waals surface area (Å²) in [7, 11) is 1.38. The van der Waals surface area contributed by atoms with Crippen molar-refractivity contribution in [1.29, 1.82) is 0 Å². The first-order valence-electron chi connectivity index (χ1n) is 7.54. The Hall–Kier alpha value is -1.81. The Balaban J connectivity index is 1.92. The SMILES string of the molecule is CCSc1cc(-c2ccc(C3CC3)cc2)cnc1C(=O)OC. The lowest BCUT2D eigenvalue weighted by Gasteiger charge is -2.09.